The fraction of sp³-hybridized carbons (Fsp3) is 0.857. The lowest BCUT2D eigenvalue weighted by molar-refractivity contribution is -0.173. The second-order valence-electron chi connectivity index (χ2n) is 9.63. The highest BCUT2D eigenvalue weighted by atomic mass is 35.5. The molecular weight excluding hydrogens is 364 g/mol. The minimum atomic E-state index is -0.747. The average Bonchev–Trinajstić information content (AvgIpc) is 2.63. The molecule has 0 spiro atoms. The Labute approximate surface area is 166 Å². The van der Waals surface area contributed by atoms with E-state index in [4.69, 9.17) is 16.3 Å². The number of alkyl halides is 1. The number of amides is 1. The first-order valence-corrected chi connectivity index (χ1v) is 10.7. The second kappa shape index (κ2) is 6.65. The maximum Gasteiger partial charge on any atom is 0.312 e. The van der Waals surface area contributed by atoms with Crippen molar-refractivity contribution in [2.75, 3.05) is 13.7 Å². The zero-order chi connectivity index (χ0) is 19.3. The van der Waals surface area contributed by atoms with E-state index in [0.717, 1.165) is 44.9 Å². The monoisotopic (exact) mass is 392 g/mol. The first-order chi connectivity index (χ1) is 12.8. The SMILES string of the molecule is CN(C(=O)COC(=O)C12C[C@H]3C[C@@H](CC(Cl)(C3)C1)C2)C1(C#N)CCCCC1. The number of likely N-dealkylation sites (N-methyl/N-ethyl adjacent to an activating group) is 1. The van der Waals surface area contributed by atoms with E-state index in [1.54, 1.807) is 7.05 Å². The minimum absolute atomic E-state index is 0.252. The lowest BCUT2D eigenvalue weighted by Gasteiger charge is -2.58. The first-order valence-electron chi connectivity index (χ1n) is 10.3. The largest absolute Gasteiger partial charge is 0.455 e. The summed E-state index contributed by atoms with van der Waals surface area (Å²) in [6.07, 6.45) is 9.97. The standard InChI is InChI=1S/C21H29ClN2O3/c1-24(21(14-23)5-3-2-4-6-21)17(25)12-27-18(26)19-8-15-7-16(9-19)11-20(22,10-15)13-19/h15-16H,2-13H2,1H3/t15-,16-,19?,20?/m1/s1. The summed E-state index contributed by atoms with van der Waals surface area (Å²) < 4.78 is 5.54. The molecule has 148 valence electrons. The molecule has 0 aromatic heterocycles. The molecule has 1 amide bonds. The number of esters is 1. The average molecular weight is 393 g/mol. The van der Waals surface area contributed by atoms with Gasteiger partial charge in [0.25, 0.3) is 5.91 Å². The highest BCUT2D eigenvalue weighted by Gasteiger charge is 2.60. The molecule has 0 heterocycles. The third-order valence-electron chi connectivity index (χ3n) is 7.65. The van der Waals surface area contributed by atoms with Crippen LogP contribution in [0.1, 0.15) is 70.6 Å². The molecule has 6 heteroatoms. The molecule has 0 aromatic rings. The maximum atomic E-state index is 13.0. The van der Waals surface area contributed by atoms with Crippen LogP contribution in [0.4, 0.5) is 0 Å². The second-order valence-corrected chi connectivity index (χ2v) is 10.4. The predicted molar refractivity (Wildman–Crippen MR) is 101 cm³/mol. The van der Waals surface area contributed by atoms with Crippen LogP contribution in [0.3, 0.4) is 0 Å². The molecule has 0 unspecified atom stereocenters. The Bertz CT molecular complexity index is 665. The van der Waals surface area contributed by atoms with Crippen molar-refractivity contribution in [3.63, 3.8) is 0 Å². The number of hydrogen-bond donors (Lipinski definition) is 0. The molecule has 5 nitrogen and oxygen atoms in total. The van der Waals surface area contributed by atoms with Gasteiger partial charge in [0.1, 0.15) is 5.54 Å². The Kier molecular flexibility index (Phi) is 4.70. The van der Waals surface area contributed by atoms with Gasteiger partial charge >= 0.3 is 5.97 Å². The quantitative estimate of drug-likeness (QED) is 0.539. The van der Waals surface area contributed by atoms with E-state index in [2.05, 4.69) is 6.07 Å². The third kappa shape index (κ3) is 3.24. The summed E-state index contributed by atoms with van der Waals surface area (Å²) in [5.74, 6) is 0.493. The fourth-order valence-corrected chi connectivity index (χ4v) is 7.36. The molecule has 4 bridgehead atoms. The fourth-order valence-electron chi connectivity index (χ4n) is 6.66. The molecule has 5 rings (SSSR count). The molecular formula is C21H29ClN2O3. The topological polar surface area (TPSA) is 70.4 Å². The summed E-state index contributed by atoms with van der Waals surface area (Å²) >= 11 is 6.80. The van der Waals surface area contributed by atoms with Crippen molar-refractivity contribution in [1.82, 2.24) is 4.90 Å². The molecule has 0 N–H and O–H groups in total. The third-order valence-corrected chi connectivity index (χ3v) is 8.10. The summed E-state index contributed by atoms with van der Waals surface area (Å²) in [4.78, 5) is 26.9. The Hall–Kier alpha value is -1.28. The molecule has 0 aliphatic heterocycles. The van der Waals surface area contributed by atoms with Gasteiger partial charge in [-0.25, -0.2) is 0 Å². The van der Waals surface area contributed by atoms with E-state index in [1.807, 2.05) is 0 Å². The zero-order valence-corrected chi connectivity index (χ0v) is 16.9. The summed E-state index contributed by atoms with van der Waals surface area (Å²) in [5.41, 5.74) is -1.24. The van der Waals surface area contributed by atoms with E-state index in [-0.39, 0.29) is 23.4 Å². The molecule has 0 radical (unpaired) electrons. The van der Waals surface area contributed by atoms with Gasteiger partial charge in [-0.1, -0.05) is 19.3 Å². The molecule has 5 saturated carbocycles. The lowest BCUT2D eigenvalue weighted by atomic mass is 9.49. The van der Waals surface area contributed by atoms with Crippen molar-refractivity contribution in [3.05, 3.63) is 0 Å². The van der Waals surface area contributed by atoms with E-state index in [9.17, 15) is 14.9 Å². The van der Waals surface area contributed by atoms with Crippen LogP contribution in [-0.2, 0) is 14.3 Å². The van der Waals surface area contributed by atoms with Crippen LogP contribution in [-0.4, -0.2) is 40.8 Å². The Balaban J connectivity index is 1.39. The predicted octanol–water partition coefficient (Wildman–Crippen LogP) is 3.79. The minimum Gasteiger partial charge on any atom is -0.455 e. The van der Waals surface area contributed by atoms with Gasteiger partial charge < -0.3 is 9.64 Å². The van der Waals surface area contributed by atoms with Crippen molar-refractivity contribution in [2.45, 2.75) is 81.0 Å². The van der Waals surface area contributed by atoms with Crippen LogP contribution < -0.4 is 0 Å². The summed E-state index contributed by atoms with van der Waals surface area (Å²) in [6.45, 7) is -0.273. The normalized spacial score (nSPS) is 38.9. The van der Waals surface area contributed by atoms with Crippen LogP contribution in [0, 0.1) is 28.6 Å². The Morgan fingerprint density at radius 3 is 2.33 bits per heavy atom. The number of nitrogens with zero attached hydrogens (tertiary/aromatic N) is 2. The van der Waals surface area contributed by atoms with Gasteiger partial charge in [-0.3, -0.25) is 9.59 Å². The molecule has 5 aliphatic rings. The zero-order valence-electron chi connectivity index (χ0n) is 16.1. The van der Waals surface area contributed by atoms with E-state index in [1.165, 1.54) is 11.3 Å². The molecule has 5 aliphatic carbocycles. The molecule has 5 fully saturated rings. The van der Waals surface area contributed by atoms with Crippen molar-refractivity contribution in [2.24, 2.45) is 17.3 Å². The number of nitriles is 1. The van der Waals surface area contributed by atoms with E-state index < -0.39 is 11.0 Å². The number of halogens is 1. The summed E-state index contributed by atoms with van der Waals surface area (Å²) in [6, 6.07) is 2.35. The van der Waals surface area contributed by atoms with Gasteiger partial charge in [-0.15, -0.1) is 11.6 Å². The highest BCUT2D eigenvalue weighted by Crippen LogP contribution is 2.64. The molecule has 27 heavy (non-hydrogen) atoms. The molecule has 0 aromatic carbocycles. The van der Waals surface area contributed by atoms with Gasteiger partial charge in [0, 0.05) is 11.9 Å². The number of ether oxygens (including phenoxy) is 1. The Morgan fingerprint density at radius 2 is 1.78 bits per heavy atom. The van der Waals surface area contributed by atoms with Crippen LogP contribution in [0.25, 0.3) is 0 Å². The van der Waals surface area contributed by atoms with Gasteiger partial charge in [0.2, 0.25) is 0 Å². The van der Waals surface area contributed by atoms with E-state index in [0.29, 0.717) is 31.1 Å². The van der Waals surface area contributed by atoms with Crippen LogP contribution in [0.15, 0.2) is 0 Å². The van der Waals surface area contributed by atoms with Crippen molar-refractivity contribution < 1.29 is 14.3 Å². The first kappa shape index (κ1) is 19.1. The van der Waals surface area contributed by atoms with Crippen molar-refractivity contribution in [1.29, 1.82) is 5.26 Å². The number of carbonyl (C=O) groups excluding carboxylic acids is 2. The van der Waals surface area contributed by atoms with Crippen molar-refractivity contribution in [3.8, 4) is 6.07 Å². The summed E-state index contributed by atoms with van der Waals surface area (Å²) in [7, 11) is 1.67. The molecule has 0 saturated heterocycles. The highest BCUT2D eigenvalue weighted by molar-refractivity contribution is 6.24. The lowest BCUT2D eigenvalue weighted by Crippen LogP contribution is -2.57. The van der Waals surface area contributed by atoms with Crippen LogP contribution in [0.2, 0.25) is 0 Å². The number of carbonyl (C=O) groups is 2. The van der Waals surface area contributed by atoms with Gasteiger partial charge in [0.05, 0.1) is 11.5 Å². The van der Waals surface area contributed by atoms with Gasteiger partial charge in [-0.05, 0) is 63.2 Å². The van der Waals surface area contributed by atoms with Crippen molar-refractivity contribution >= 4 is 23.5 Å². The van der Waals surface area contributed by atoms with Crippen LogP contribution in [0.5, 0.6) is 0 Å². The van der Waals surface area contributed by atoms with Gasteiger partial charge in [-0.2, -0.15) is 5.26 Å². The smallest absolute Gasteiger partial charge is 0.312 e. The molecule has 2 atom stereocenters. The Morgan fingerprint density at radius 1 is 1.15 bits per heavy atom. The number of rotatable bonds is 4. The van der Waals surface area contributed by atoms with Gasteiger partial charge in [0.15, 0.2) is 6.61 Å². The van der Waals surface area contributed by atoms with Crippen LogP contribution >= 0.6 is 11.6 Å². The maximum absolute atomic E-state index is 13.0. The van der Waals surface area contributed by atoms with E-state index >= 15 is 0 Å². The number of hydrogen-bond acceptors (Lipinski definition) is 4. The summed E-state index contributed by atoms with van der Waals surface area (Å²) in [5, 5.41) is 9.65.